The van der Waals surface area contributed by atoms with Gasteiger partial charge in [0.15, 0.2) is 6.29 Å². The molecule has 5 nitrogen and oxygen atoms in total. The van der Waals surface area contributed by atoms with Gasteiger partial charge in [0.2, 0.25) is 0 Å². The second kappa shape index (κ2) is 13.3. The SMILES string of the molecule is C=CCOC1O[C@@H](C)[C@@H](OCc2ccccc2)[C@@H](OCc2ccccc2)[C@@H]1OCc1ccccc1. The van der Waals surface area contributed by atoms with Crippen LogP contribution in [0.5, 0.6) is 0 Å². The van der Waals surface area contributed by atoms with Crippen molar-refractivity contribution in [2.24, 2.45) is 0 Å². The summed E-state index contributed by atoms with van der Waals surface area (Å²) in [5.74, 6) is 0. The highest BCUT2D eigenvalue weighted by Crippen LogP contribution is 2.31. The molecule has 0 aliphatic carbocycles. The summed E-state index contributed by atoms with van der Waals surface area (Å²) in [7, 11) is 0. The molecule has 1 fully saturated rings. The van der Waals surface area contributed by atoms with E-state index in [2.05, 4.69) is 6.58 Å². The molecule has 1 saturated heterocycles. The lowest BCUT2D eigenvalue weighted by Crippen LogP contribution is -2.60. The molecule has 5 atom stereocenters. The van der Waals surface area contributed by atoms with Gasteiger partial charge in [0.1, 0.15) is 18.3 Å². The number of benzene rings is 3. The van der Waals surface area contributed by atoms with E-state index >= 15 is 0 Å². The van der Waals surface area contributed by atoms with Gasteiger partial charge in [-0.25, -0.2) is 0 Å². The van der Waals surface area contributed by atoms with E-state index in [1.54, 1.807) is 6.08 Å². The molecule has 3 aromatic carbocycles. The van der Waals surface area contributed by atoms with E-state index in [0.717, 1.165) is 16.7 Å². The lowest BCUT2D eigenvalue weighted by molar-refractivity contribution is -0.318. The summed E-state index contributed by atoms with van der Waals surface area (Å²) in [4.78, 5) is 0. The third-order valence-electron chi connectivity index (χ3n) is 5.96. The Morgan fingerprint density at radius 2 is 1.06 bits per heavy atom. The molecule has 0 bridgehead atoms. The average molecular weight is 475 g/mol. The van der Waals surface area contributed by atoms with Gasteiger partial charge in [-0.15, -0.1) is 6.58 Å². The quantitative estimate of drug-likeness (QED) is 0.316. The Morgan fingerprint density at radius 3 is 1.51 bits per heavy atom. The summed E-state index contributed by atoms with van der Waals surface area (Å²) in [6.45, 7) is 7.42. The standard InChI is InChI=1S/C30H34O5/c1-3-19-31-30-29(34-22-26-17-11-6-12-18-26)28(33-21-25-15-9-5-10-16-25)27(23(2)35-30)32-20-24-13-7-4-8-14-24/h3-18,23,27-30H,1,19-22H2,2H3/t23-,27+,28+,29-,30?/m0/s1. The first-order valence-electron chi connectivity index (χ1n) is 12.1. The maximum absolute atomic E-state index is 6.52. The molecule has 5 heteroatoms. The Kier molecular flexibility index (Phi) is 9.64. The highest BCUT2D eigenvalue weighted by Gasteiger charge is 2.47. The molecule has 1 aliphatic heterocycles. The molecule has 1 heterocycles. The number of rotatable bonds is 12. The summed E-state index contributed by atoms with van der Waals surface area (Å²) in [5.41, 5.74) is 3.24. The van der Waals surface area contributed by atoms with Crippen LogP contribution in [-0.4, -0.2) is 37.3 Å². The zero-order valence-electron chi connectivity index (χ0n) is 20.2. The second-order valence-electron chi connectivity index (χ2n) is 8.62. The van der Waals surface area contributed by atoms with Crippen molar-refractivity contribution in [2.45, 2.75) is 57.5 Å². The van der Waals surface area contributed by atoms with Crippen LogP contribution in [0.1, 0.15) is 23.6 Å². The molecule has 4 rings (SSSR count). The molecule has 0 amide bonds. The minimum Gasteiger partial charge on any atom is -0.368 e. The molecular weight excluding hydrogens is 440 g/mol. The van der Waals surface area contributed by atoms with Crippen molar-refractivity contribution in [2.75, 3.05) is 6.61 Å². The van der Waals surface area contributed by atoms with Crippen LogP contribution in [0.25, 0.3) is 0 Å². The van der Waals surface area contributed by atoms with Crippen molar-refractivity contribution in [1.82, 2.24) is 0 Å². The topological polar surface area (TPSA) is 46.2 Å². The van der Waals surface area contributed by atoms with Gasteiger partial charge >= 0.3 is 0 Å². The van der Waals surface area contributed by atoms with Gasteiger partial charge in [0.25, 0.3) is 0 Å². The van der Waals surface area contributed by atoms with Gasteiger partial charge in [-0.2, -0.15) is 0 Å². The summed E-state index contributed by atoms with van der Waals surface area (Å²) in [6.07, 6.45) is -0.393. The van der Waals surface area contributed by atoms with Crippen LogP contribution in [0.4, 0.5) is 0 Å². The first kappa shape index (κ1) is 25.3. The minimum atomic E-state index is -0.607. The summed E-state index contributed by atoms with van der Waals surface area (Å²) >= 11 is 0. The van der Waals surface area contributed by atoms with Gasteiger partial charge in [0, 0.05) is 0 Å². The Hall–Kier alpha value is -2.80. The van der Waals surface area contributed by atoms with Crippen molar-refractivity contribution in [3.8, 4) is 0 Å². The molecule has 0 radical (unpaired) electrons. The van der Waals surface area contributed by atoms with Gasteiger partial charge in [-0.1, -0.05) is 97.1 Å². The molecule has 1 aliphatic rings. The van der Waals surface area contributed by atoms with E-state index in [4.69, 9.17) is 23.7 Å². The fourth-order valence-electron chi connectivity index (χ4n) is 4.17. The smallest absolute Gasteiger partial charge is 0.187 e. The summed E-state index contributed by atoms with van der Waals surface area (Å²) in [6, 6.07) is 30.3. The second-order valence-corrected chi connectivity index (χ2v) is 8.62. The highest BCUT2D eigenvalue weighted by atomic mass is 16.7. The van der Waals surface area contributed by atoms with E-state index in [0.29, 0.717) is 26.4 Å². The largest absolute Gasteiger partial charge is 0.368 e. The van der Waals surface area contributed by atoms with Crippen LogP contribution in [0, 0.1) is 0 Å². The van der Waals surface area contributed by atoms with Gasteiger partial charge in [-0.05, 0) is 23.6 Å². The first-order chi connectivity index (χ1) is 17.2. The Morgan fingerprint density at radius 1 is 0.629 bits per heavy atom. The van der Waals surface area contributed by atoms with E-state index in [9.17, 15) is 0 Å². The first-order valence-corrected chi connectivity index (χ1v) is 12.1. The molecule has 3 aromatic rings. The van der Waals surface area contributed by atoms with Gasteiger partial charge in [-0.3, -0.25) is 0 Å². The summed E-state index contributed by atoms with van der Waals surface area (Å²) < 4.78 is 31.6. The minimum absolute atomic E-state index is 0.258. The van der Waals surface area contributed by atoms with Crippen LogP contribution in [0.15, 0.2) is 104 Å². The zero-order chi connectivity index (χ0) is 24.3. The van der Waals surface area contributed by atoms with Gasteiger partial charge < -0.3 is 23.7 Å². The van der Waals surface area contributed by atoms with Crippen LogP contribution in [0.3, 0.4) is 0 Å². The molecule has 0 saturated carbocycles. The van der Waals surface area contributed by atoms with Crippen LogP contribution < -0.4 is 0 Å². The van der Waals surface area contributed by atoms with Gasteiger partial charge in [0.05, 0.1) is 32.5 Å². The Bertz CT molecular complexity index is 995. The molecule has 1 unspecified atom stereocenters. The Labute approximate surface area is 208 Å². The van der Waals surface area contributed by atoms with Crippen molar-refractivity contribution < 1.29 is 23.7 Å². The van der Waals surface area contributed by atoms with E-state index < -0.39 is 18.5 Å². The maximum Gasteiger partial charge on any atom is 0.187 e. The zero-order valence-corrected chi connectivity index (χ0v) is 20.2. The van der Waals surface area contributed by atoms with Crippen molar-refractivity contribution in [1.29, 1.82) is 0 Å². The lowest BCUT2D eigenvalue weighted by atomic mass is 9.98. The number of hydrogen-bond acceptors (Lipinski definition) is 5. The van der Waals surface area contributed by atoms with E-state index in [1.807, 2.05) is 97.9 Å². The fourth-order valence-corrected chi connectivity index (χ4v) is 4.17. The number of ether oxygens (including phenoxy) is 5. The fraction of sp³-hybridized carbons (Fsp3) is 0.333. The average Bonchev–Trinajstić information content (AvgIpc) is 2.91. The maximum atomic E-state index is 6.52. The molecule has 35 heavy (non-hydrogen) atoms. The van der Waals surface area contributed by atoms with Crippen LogP contribution >= 0.6 is 0 Å². The van der Waals surface area contributed by atoms with Crippen LogP contribution in [-0.2, 0) is 43.5 Å². The summed E-state index contributed by atoms with van der Waals surface area (Å²) in [5, 5.41) is 0. The lowest BCUT2D eigenvalue weighted by Gasteiger charge is -2.45. The Balaban J connectivity index is 1.56. The normalized spacial score (nSPS) is 24.2. The monoisotopic (exact) mass is 474 g/mol. The molecule has 184 valence electrons. The molecule has 0 spiro atoms. The van der Waals surface area contributed by atoms with Crippen molar-refractivity contribution in [3.63, 3.8) is 0 Å². The molecular formula is C30H34O5. The van der Waals surface area contributed by atoms with E-state index in [-0.39, 0.29) is 12.2 Å². The predicted octanol–water partition coefficient (Wildman–Crippen LogP) is 5.69. The third-order valence-corrected chi connectivity index (χ3v) is 5.96. The third kappa shape index (κ3) is 7.34. The van der Waals surface area contributed by atoms with E-state index in [1.165, 1.54) is 0 Å². The highest BCUT2D eigenvalue weighted by molar-refractivity contribution is 5.15. The molecule has 0 aromatic heterocycles. The molecule has 0 N–H and O–H groups in total. The van der Waals surface area contributed by atoms with Crippen LogP contribution in [0.2, 0.25) is 0 Å². The van der Waals surface area contributed by atoms with Crippen molar-refractivity contribution >= 4 is 0 Å². The number of hydrogen-bond donors (Lipinski definition) is 0. The van der Waals surface area contributed by atoms with Crippen molar-refractivity contribution in [3.05, 3.63) is 120 Å². The predicted molar refractivity (Wildman–Crippen MR) is 136 cm³/mol.